The van der Waals surface area contributed by atoms with Crippen molar-refractivity contribution in [3.63, 3.8) is 0 Å². The number of hydrogen-bond donors (Lipinski definition) is 2. The predicted octanol–water partition coefficient (Wildman–Crippen LogP) is 4.62. The van der Waals surface area contributed by atoms with E-state index in [1.165, 1.54) is 19.1 Å². The van der Waals surface area contributed by atoms with Crippen LogP contribution in [-0.2, 0) is 5.54 Å². The summed E-state index contributed by atoms with van der Waals surface area (Å²) >= 11 is 0. The fourth-order valence-corrected chi connectivity index (χ4v) is 4.56. The number of nitrogens with one attached hydrogen (secondary N) is 2. The molecule has 4 rings (SSSR count). The minimum Gasteiger partial charge on any atom is -0.378 e. The van der Waals surface area contributed by atoms with E-state index in [9.17, 15) is 35.9 Å². The molecule has 2 fully saturated rings. The SMILES string of the molecule is [2H]C([2H])([2H])N1CC[C@@H](Nc2cc(=O)n(C3(C(F)F)CC3)cc2C(=O)N[C@H](C)c2cccc(C(F)F)c2F)[C@@H](F)C1. The molecule has 2 aromatic rings. The van der Waals surface area contributed by atoms with Crippen LogP contribution in [0.4, 0.5) is 32.0 Å². The summed E-state index contributed by atoms with van der Waals surface area (Å²) in [6.07, 6.45) is -6.83. The quantitative estimate of drug-likeness (QED) is 0.486. The maximum Gasteiger partial charge on any atom is 0.266 e. The molecule has 3 atom stereocenters. The van der Waals surface area contributed by atoms with Crippen LogP contribution in [0.25, 0.3) is 0 Å². The molecule has 12 heteroatoms. The van der Waals surface area contributed by atoms with Crippen molar-refractivity contribution in [1.29, 1.82) is 0 Å². The number of likely N-dealkylation sites (tertiary alicyclic amines) is 1. The molecule has 1 aromatic carbocycles. The van der Waals surface area contributed by atoms with E-state index in [-0.39, 0.29) is 42.6 Å². The number of anilines is 1. The van der Waals surface area contributed by atoms with Gasteiger partial charge in [-0.1, -0.05) is 18.2 Å². The molecule has 1 saturated carbocycles. The first-order valence-electron chi connectivity index (χ1n) is 13.2. The van der Waals surface area contributed by atoms with Crippen molar-refractivity contribution in [2.45, 2.75) is 62.8 Å². The maximum atomic E-state index is 15.0. The van der Waals surface area contributed by atoms with Crippen LogP contribution in [0, 0.1) is 5.82 Å². The molecule has 0 spiro atoms. The van der Waals surface area contributed by atoms with Gasteiger partial charge in [-0.05, 0) is 33.2 Å². The predicted molar refractivity (Wildman–Crippen MR) is 126 cm³/mol. The third-order valence-corrected chi connectivity index (χ3v) is 6.94. The molecule has 1 aromatic heterocycles. The van der Waals surface area contributed by atoms with Crippen molar-refractivity contribution in [2.75, 3.05) is 25.4 Å². The molecule has 0 radical (unpaired) electrons. The highest BCUT2D eigenvalue weighted by Crippen LogP contribution is 2.48. The number of alkyl halides is 5. The van der Waals surface area contributed by atoms with E-state index in [0.29, 0.717) is 0 Å². The molecule has 1 amide bonds. The van der Waals surface area contributed by atoms with Crippen molar-refractivity contribution >= 4 is 11.6 Å². The summed E-state index contributed by atoms with van der Waals surface area (Å²) < 4.78 is 107. The number of halogens is 6. The largest absolute Gasteiger partial charge is 0.378 e. The standard InChI is InChI=1S/C25H28F6N4O2/c1-13(14-4-3-5-15(21(14)27)22(28)29)32-23(37)16-11-35(25(7-8-25)24(30)31)20(36)10-19(16)33-18-6-9-34(2)12-17(18)26/h3-5,10-11,13,17-18,22,24,33H,6-9,12H2,1-2H3,(H,32,37)/t13-,17+,18-/m1/s1/i2D3. The number of carbonyl (C=O) groups excluding carboxylic acids is 1. The Kier molecular flexibility index (Phi) is 6.49. The van der Waals surface area contributed by atoms with Gasteiger partial charge < -0.3 is 20.1 Å². The molecule has 2 heterocycles. The number of rotatable bonds is 8. The van der Waals surface area contributed by atoms with Gasteiger partial charge in [0.1, 0.15) is 17.5 Å². The minimum absolute atomic E-state index is 0.00724. The first-order valence-corrected chi connectivity index (χ1v) is 11.7. The Balaban J connectivity index is 1.66. The monoisotopic (exact) mass is 533 g/mol. The molecule has 2 N–H and O–H groups in total. The van der Waals surface area contributed by atoms with Crippen LogP contribution in [0.3, 0.4) is 0 Å². The number of benzene rings is 1. The van der Waals surface area contributed by atoms with Gasteiger partial charge in [-0.25, -0.2) is 26.3 Å². The van der Waals surface area contributed by atoms with Crippen LogP contribution in [-0.4, -0.2) is 54.1 Å². The molecule has 1 aliphatic carbocycles. The zero-order valence-corrected chi connectivity index (χ0v) is 19.8. The summed E-state index contributed by atoms with van der Waals surface area (Å²) in [6, 6.07) is 2.03. The lowest BCUT2D eigenvalue weighted by atomic mass is 10.0. The zero-order valence-electron chi connectivity index (χ0n) is 22.8. The average Bonchev–Trinajstić information content (AvgIpc) is 3.66. The van der Waals surface area contributed by atoms with Crippen LogP contribution < -0.4 is 16.2 Å². The molecule has 1 saturated heterocycles. The Morgan fingerprint density at radius 3 is 2.51 bits per heavy atom. The number of nitrogens with zero attached hydrogens (tertiary/aromatic N) is 2. The van der Waals surface area contributed by atoms with Gasteiger partial charge in [0.05, 0.1) is 28.9 Å². The van der Waals surface area contributed by atoms with E-state index >= 15 is 0 Å². The highest BCUT2D eigenvalue weighted by Gasteiger charge is 2.53. The molecule has 1 aliphatic heterocycles. The number of carbonyl (C=O) groups is 1. The van der Waals surface area contributed by atoms with Gasteiger partial charge in [-0.2, -0.15) is 0 Å². The lowest BCUT2D eigenvalue weighted by Crippen LogP contribution is -2.47. The average molecular weight is 534 g/mol. The molecule has 6 nitrogen and oxygen atoms in total. The Bertz CT molecular complexity index is 1320. The van der Waals surface area contributed by atoms with Gasteiger partial charge in [-0.15, -0.1) is 0 Å². The van der Waals surface area contributed by atoms with E-state index in [1.807, 2.05) is 0 Å². The Labute approximate surface area is 213 Å². The van der Waals surface area contributed by atoms with E-state index in [1.54, 1.807) is 0 Å². The van der Waals surface area contributed by atoms with Gasteiger partial charge >= 0.3 is 0 Å². The third-order valence-electron chi connectivity index (χ3n) is 6.94. The van der Waals surface area contributed by atoms with E-state index in [2.05, 4.69) is 10.6 Å². The second kappa shape index (κ2) is 10.4. The number of aromatic nitrogens is 1. The van der Waals surface area contributed by atoms with Gasteiger partial charge in [0.15, 0.2) is 0 Å². The van der Waals surface area contributed by atoms with Crippen LogP contribution >= 0.6 is 0 Å². The molecular formula is C25H28F6N4O2. The first-order chi connectivity index (χ1) is 18.7. The number of amides is 1. The van der Waals surface area contributed by atoms with Crippen molar-refractivity contribution in [3.05, 3.63) is 63.3 Å². The van der Waals surface area contributed by atoms with Crippen LogP contribution in [0.1, 0.15) is 64.3 Å². The Hall–Kier alpha value is -3.02. The van der Waals surface area contributed by atoms with Crippen molar-refractivity contribution in [3.8, 4) is 0 Å². The smallest absolute Gasteiger partial charge is 0.266 e. The van der Waals surface area contributed by atoms with Gasteiger partial charge in [-0.3, -0.25) is 9.59 Å². The number of piperidine rings is 1. The zero-order chi connectivity index (χ0) is 29.6. The lowest BCUT2D eigenvalue weighted by molar-refractivity contribution is 0.0648. The fraction of sp³-hybridized carbons (Fsp3) is 0.520. The van der Waals surface area contributed by atoms with Crippen molar-refractivity contribution in [1.82, 2.24) is 14.8 Å². The number of pyridine rings is 1. The highest BCUT2D eigenvalue weighted by molar-refractivity contribution is 5.99. The lowest BCUT2D eigenvalue weighted by Gasteiger charge is -2.33. The molecule has 202 valence electrons. The summed E-state index contributed by atoms with van der Waals surface area (Å²) in [5.74, 6) is -2.17. The minimum atomic E-state index is -3.10. The fourth-order valence-electron chi connectivity index (χ4n) is 4.56. The van der Waals surface area contributed by atoms with E-state index < -0.39 is 73.0 Å². The van der Waals surface area contributed by atoms with Gasteiger partial charge in [0.25, 0.3) is 24.3 Å². The summed E-state index contributed by atoms with van der Waals surface area (Å²) in [5.41, 5.74) is -4.29. The van der Waals surface area contributed by atoms with Crippen molar-refractivity contribution < 1.29 is 35.2 Å². The van der Waals surface area contributed by atoms with Crippen molar-refractivity contribution in [2.24, 2.45) is 0 Å². The van der Waals surface area contributed by atoms with E-state index in [4.69, 9.17) is 4.11 Å². The second-order valence-electron chi connectivity index (χ2n) is 9.46. The van der Waals surface area contributed by atoms with Crippen LogP contribution in [0.2, 0.25) is 0 Å². The Morgan fingerprint density at radius 1 is 1.22 bits per heavy atom. The second-order valence-corrected chi connectivity index (χ2v) is 9.46. The topological polar surface area (TPSA) is 66.4 Å². The summed E-state index contributed by atoms with van der Waals surface area (Å²) in [4.78, 5) is 27.2. The molecular weight excluding hydrogens is 502 g/mol. The molecule has 0 unspecified atom stereocenters. The summed E-state index contributed by atoms with van der Waals surface area (Å²) in [6.45, 7) is -1.64. The van der Waals surface area contributed by atoms with E-state index in [0.717, 1.165) is 27.8 Å². The molecule has 2 aliphatic rings. The number of hydrogen-bond acceptors (Lipinski definition) is 4. The third kappa shape index (κ3) is 5.34. The van der Waals surface area contributed by atoms with Crippen LogP contribution in [0.15, 0.2) is 35.3 Å². The maximum absolute atomic E-state index is 15.0. The first kappa shape index (κ1) is 23.1. The van der Waals surface area contributed by atoms with Gasteiger partial charge in [0.2, 0.25) is 0 Å². The molecule has 0 bridgehead atoms. The van der Waals surface area contributed by atoms with Gasteiger partial charge in [0, 0.05) is 35.0 Å². The highest BCUT2D eigenvalue weighted by atomic mass is 19.3. The Morgan fingerprint density at radius 2 is 1.92 bits per heavy atom. The van der Waals surface area contributed by atoms with Crippen LogP contribution in [0.5, 0.6) is 0 Å². The summed E-state index contributed by atoms with van der Waals surface area (Å²) in [7, 11) is 0. The molecule has 37 heavy (non-hydrogen) atoms. The normalized spacial score (nSPS) is 23.8. The summed E-state index contributed by atoms with van der Waals surface area (Å²) in [5, 5.41) is 5.19.